The monoisotopic (exact) mass is 312 g/mol. The van der Waals surface area contributed by atoms with Gasteiger partial charge in [-0.05, 0) is 6.07 Å². The van der Waals surface area contributed by atoms with Crippen molar-refractivity contribution in [2.24, 2.45) is 7.05 Å². The summed E-state index contributed by atoms with van der Waals surface area (Å²) in [7, 11) is 1.70. The van der Waals surface area contributed by atoms with Gasteiger partial charge in [0.1, 0.15) is 0 Å². The summed E-state index contributed by atoms with van der Waals surface area (Å²) in [5, 5.41) is 7.12. The first kappa shape index (κ1) is 14.8. The van der Waals surface area contributed by atoms with Gasteiger partial charge >= 0.3 is 6.18 Å². The zero-order valence-corrected chi connectivity index (χ0v) is 11.9. The number of aryl methyl sites for hydroxylation is 1. The highest BCUT2D eigenvalue weighted by molar-refractivity contribution is 5.59. The molecule has 0 aliphatic carbocycles. The summed E-state index contributed by atoms with van der Waals surface area (Å²) in [6, 6.07) is 0.961. The van der Waals surface area contributed by atoms with Crippen LogP contribution in [0.2, 0.25) is 0 Å². The molecule has 0 saturated carbocycles. The molecule has 0 atom stereocenters. The van der Waals surface area contributed by atoms with Crippen LogP contribution in [-0.2, 0) is 13.2 Å². The molecule has 1 N–H and O–H groups in total. The molecule has 0 unspecified atom stereocenters. The lowest BCUT2D eigenvalue weighted by molar-refractivity contribution is -0.141. The molecule has 0 aromatic carbocycles. The highest BCUT2D eigenvalue weighted by atomic mass is 19.4. The lowest BCUT2D eigenvalue weighted by atomic mass is 10.2. The maximum Gasteiger partial charge on any atom is 0.433 e. The normalized spacial score (nSPS) is 16.1. The average molecular weight is 312 g/mol. The van der Waals surface area contributed by atoms with Gasteiger partial charge < -0.3 is 10.2 Å². The minimum atomic E-state index is -4.51. The lowest BCUT2D eigenvalue weighted by Crippen LogP contribution is -2.44. The SMILES string of the molecule is Cn1cc(-c2cc(C(F)(F)F)nc(N3CCNCC3)n2)cn1. The van der Waals surface area contributed by atoms with Crippen LogP contribution in [0.25, 0.3) is 11.3 Å². The van der Waals surface area contributed by atoms with Crippen molar-refractivity contribution >= 4 is 5.95 Å². The summed E-state index contributed by atoms with van der Waals surface area (Å²) in [5.74, 6) is 0.107. The molecule has 0 radical (unpaired) electrons. The summed E-state index contributed by atoms with van der Waals surface area (Å²) >= 11 is 0. The van der Waals surface area contributed by atoms with Crippen molar-refractivity contribution in [2.45, 2.75) is 6.18 Å². The fraction of sp³-hybridized carbons (Fsp3) is 0.462. The van der Waals surface area contributed by atoms with E-state index in [1.54, 1.807) is 18.1 Å². The number of aromatic nitrogens is 4. The van der Waals surface area contributed by atoms with Gasteiger partial charge in [0, 0.05) is 45.0 Å². The van der Waals surface area contributed by atoms with E-state index in [2.05, 4.69) is 20.4 Å². The van der Waals surface area contributed by atoms with Crippen LogP contribution in [0.3, 0.4) is 0 Å². The molecule has 3 rings (SSSR count). The molecule has 0 bridgehead atoms. The quantitative estimate of drug-likeness (QED) is 0.906. The first-order valence-electron chi connectivity index (χ1n) is 6.84. The molecule has 1 fully saturated rings. The molecule has 0 amide bonds. The number of hydrogen-bond donors (Lipinski definition) is 1. The first-order chi connectivity index (χ1) is 10.4. The van der Waals surface area contributed by atoms with Crippen molar-refractivity contribution in [3.8, 4) is 11.3 Å². The van der Waals surface area contributed by atoms with E-state index in [9.17, 15) is 13.2 Å². The first-order valence-corrected chi connectivity index (χ1v) is 6.84. The van der Waals surface area contributed by atoms with Crippen LogP contribution in [0.15, 0.2) is 18.5 Å². The minimum Gasteiger partial charge on any atom is -0.338 e. The smallest absolute Gasteiger partial charge is 0.338 e. The zero-order chi connectivity index (χ0) is 15.7. The molecule has 6 nitrogen and oxygen atoms in total. The Bertz CT molecular complexity index is 660. The van der Waals surface area contributed by atoms with Crippen molar-refractivity contribution < 1.29 is 13.2 Å². The predicted molar refractivity (Wildman–Crippen MR) is 74.3 cm³/mol. The number of anilines is 1. The topological polar surface area (TPSA) is 58.9 Å². The van der Waals surface area contributed by atoms with Crippen LogP contribution in [-0.4, -0.2) is 45.9 Å². The van der Waals surface area contributed by atoms with E-state index in [1.807, 2.05) is 0 Å². The molecule has 9 heteroatoms. The summed E-state index contributed by atoms with van der Waals surface area (Å²) in [5.41, 5.74) is -0.175. The number of piperazine rings is 1. The summed E-state index contributed by atoms with van der Waals surface area (Å²) in [4.78, 5) is 9.74. The van der Waals surface area contributed by atoms with Crippen LogP contribution in [0.4, 0.5) is 19.1 Å². The van der Waals surface area contributed by atoms with Crippen molar-refractivity contribution in [1.29, 1.82) is 0 Å². The Balaban J connectivity index is 2.05. The highest BCUT2D eigenvalue weighted by Crippen LogP contribution is 2.31. The maximum absolute atomic E-state index is 13.1. The minimum absolute atomic E-state index is 0.107. The number of nitrogens with one attached hydrogen (secondary N) is 1. The number of rotatable bonds is 2. The Morgan fingerprint density at radius 3 is 2.50 bits per heavy atom. The maximum atomic E-state index is 13.1. The summed E-state index contributed by atoms with van der Waals surface area (Å²) in [6.45, 7) is 2.55. The molecule has 118 valence electrons. The van der Waals surface area contributed by atoms with Gasteiger partial charge in [-0.2, -0.15) is 18.3 Å². The van der Waals surface area contributed by atoms with E-state index >= 15 is 0 Å². The summed E-state index contributed by atoms with van der Waals surface area (Å²) < 4.78 is 40.8. The Kier molecular flexibility index (Phi) is 3.73. The van der Waals surface area contributed by atoms with Gasteiger partial charge in [-0.25, -0.2) is 9.97 Å². The number of hydrogen-bond acceptors (Lipinski definition) is 5. The number of alkyl halides is 3. The Hall–Kier alpha value is -2.16. The molecule has 1 saturated heterocycles. The van der Waals surface area contributed by atoms with Gasteiger partial charge in [0.05, 0.1) is 11.9 Å². The molecule has 2 aromatic rings. The van der Waals surface area contributed by atoms with E-state index in [1.165, 1.54) is 10.9 Å². The van der Waals surface area contributed by atoms with E-state index in [-0.39, 0.29) is 11.6 Å². The van der Waals surface area contributed by atoms with Crippen LogP contribution < -0.4 is 10.2 Å². The molecule has 1 aliphatic heterocycles. The van der Waals surface area contributed by atoms with Crippen molar-refractivity contribution in [1.82, 2.24) is 25.1 Å². The van der Waals surface area contributed by atoms with E-state index < -0.39 is 11.9 Å². The van der Waals surface area contributed by atoms with E-state index in [0.29, 0.717) is 31.7 Å². The van der Waals surface area contributed by atoms with Crippen LogP contribution in [0.5, 0.6) is 0 Å². The third-order valence-electron chi connectivity index (χ3n) is 3.41. The van der Waals surface area contributed by atoms with Crippen LogP contribution in [0.1, 0.15) is 5.69 Å². The molecule has 1 aliphatic rings. The fourth-order valence-corrected chi connectivity index (χ4v) is 2.29. The van der Waals surface area contributed by atoms with Crippen molar-refractivity contribution in [2.75, 3.05) is 31.1 Å². The molecule has 2 aromatic heterocycles. The van der Waals surface area contributed by atoms with Gasteiger partial charge in [0.25, 0.3) is 0 Å². The van der Waals surface area contributed by atoms with Gasteiger partial charge in [-0.15, -0.1) is 0 Å². The molecular formula is C13H15F3N6. The van der Waals surface area contributed by atoms with Crippen LogP contribution >= 0.6 is 0 Å². The van der Waals surface area contributed by atoms with Crippen LogP contribution in [0, 0.1) is 0 Å². The standard InChI is InChI=1S/C13H15F3N6/c1-21-8-9(7-18-21)10-6-11(13(14,15)16)20-12(19-10)22-4-2-17-3-5-22/h6-8,17H,2-5H2,1H3. The third-order valence-corrected chi connectivity index (χ3v) is 3.41. The largest absolute Gasteiger partial charge is 0.433 e. The number of nitrogens with zero attached hydrogens (tertiary/aromatic N) is 5. The average Bonchev–Trinajstić information content (AvgIpc) is 2.93. The fourth-order valence-electron chi connectivity index (χ4n) is 2.29. The van der Waals surface area contributed by atoms with Gasteiger partial charge in [-0.3, -0.25) is 4.68 Å². The molecule has 0 spiro atoms. The Labute approximate surface area is 125 Å². The number of halogens is 3. The third kappa shape index (κ3) is 3.03. The second kappa shape index (κ2) is 5.56. The van der Waals surface area contributed by atoms with Gasteiger partial charge in [-0.1, -0.05) is 0 Å². The van der Waals surface area contributed by atoms with E-state index in [0.717, 1.165) is 6.07 Å². The van der Waals surface area contributed by atoms with Gasteiger partial charge in [0.2, 0.25) is 5.95 Å². The lowest BCUT2D eigenvalue weighted by Gasteiger charge is -2.28. The van der Waals surface area contributed by atoms with E-state index in [4.69, 9.17) is 0 Å². The second-order valence-electron chi connectivity index (χ2n) is 5.08. The van der Waals surface area contributed by atoms with Crippen molar-refractivity contribution in [3.63, 3.8) is 0 Å². The Morgan fingerprint density at radius 1 is 1.18 bits per heavy atom. The highest BCUT2D eigenvalue weighted by Gasteiger charge is 2.34. The van der Waals surface area contributed by atoms with Gasteiger partial charge in [0.15, 0.2) is 5.69 Å². The molecular weight excluding hydrogens is 297 g/mol. The molecule has 22 heavy (non-hydrogen) atoms. The second-order valence-corrected chi connectivity index (χ2v) is 5.08. The summed E-state index contributed by atoms with van der Waals surface area (Å²) in [6.07, 6.45) is -1.39. The van der Waals surface area contributed by atoms with Crippen molar-refractivity contribution in [3.05, 3.63) is 24.2 Å². The zero-order valence-electron chi connectivity index (χ0n) is 11.9. The Morgan fingerprint density at radius 2 is 1.91 bits per heavy atom. The molecule has 3 heterocycles. The predicted octanol–water partition coefficient (Wildman–Crippen LogP) is 1.31.